The topological polar surface area (TPSA) is 55.8 Å². The first-order valence-electron chi connectivity index (χ1n) is 5.94. The number of ether oxygens (including phenoxy) is 2. The van der Waals surface area contributed by atoms with Crippen LogP contribution in [0.15, 0.2) is 0 Å². The van der Waals surface area contributed by atoms with Gasteiger partial charge < -0.3 is 14.4 Å². The Morgan fingerprint density at radius 3 is 2.41 bits per heavy atom. The molecule has 5 nitrogen and oxygen atoms in total. The summed E-state index contributed by atoms with van der Waals surface area (Å²) in [7, 11) is 2.95. The van der Waals surface area contributed by atoms with Crippen LogP contribution in [0, 0.1) is 11.8 Å². The van der Waals surface area contributed by atoms with Crippen molar-refractivity contribution >= 4 is 11.9 Å². The number of methoxy groups -OCH3 is 2. The highest BCUT2D eigenvalue weighted by molar-refractivity contribution is 5.82. The second-order valence-corrected chi connectivity index (χ2v) is 4.46. The van der Waals surface area contributed by atoms with Crippen LogP contribution >= 0.6 is 0 Å². The molecule has 0 aliphatic heterocycles. The predicted octanol–water partition coefficient (Wildman–Crippen LogP) is 0.680. The molecule has 0 bridgehead atoms. The van der Waals surface area contributed by atoms with Crippen molar-refractivity contribution in [1.29, 1.82) is 0 Å². The van der Waals surface area contributed by atoms with Gasteiger partial charge in [0.15, 0.2) is 0 Å². The van der Waals surface area contributed by atoms with Gasteiger partial charge in [-0.3, -0.25) is 9.59 Å². The van der Waals surface area contributed by atoms with E-state index < -0.39 is 0 Å². The van der Waals surface area contributed by atoms with Gasteiger partial charge in [-0.1, -0.05) is 6.92 Å². The molecule has 0 heterocycles. The summed E-state index contributed by atoms with van der Waals surface area (Å²) in [4.78, 5) is 24.8. The Balaban J connectivity index is 2.42. The molecule has 0 saturated heterocycles. The van der Waals surface area contributed by atoms with Crippen LogP contribution in [0.25, 0.3) is 0 Å². The maximum absolute atomic E-state index is 12.0. The minimum Gasteiger partial charge on any atom is -0.469 e. The van der Waals surface area contributed by atoms with Crippen molar-refractivity contribution in [1.82, 2.24) is 4.90 Å². The van der Waals surface area contributed by atoms with Crippen molar-refractivity contribution in [3.05, 3.63) is 0 Å². The average molecular weight is 243 g/mol. The fourth-order valence-electron chi connectivity index (χ4n) is 1.76. The van der Waals surface area contributed by atoms with E-state index in [0.717, 1.165) is 6.42 Å². The van der Waals surface area contributed by atoms with E-state index in [9.17, 15) is 9.59 Å². The molecule has 2 unspecified atom stereocenters. The van der Waals surface area contributed by atoms with Crippen LogP contribution in [0.2, 0.25) is 0 Å². The molecule has 1 aliphatic carbocycles. The van der Waals surface area contributed by atoms with Crippen LogP contribution < -0.4 is 0 Å². The van der Waals surface area contributed by atoms with E-state index in [1.54, 1.807) is 12.0 Å². The number of esters is 1. The monoisotopic (exact) mass is 243 g/mol. The molecule has 1 rings (SSSR count). The Morgan fingerprint density at radius 2 is 1.94 bits per heavy atom. The molecule has 1 fully saturated rings. The first kappa shape index (κ1) is 14.0. The zero-order valence-electron chi connectivity index (χ0n) is 10.8. The maximum Gasteiger partial charge on any atom is 0.307 e. The van der Waals surface area contributed by atoms with E-state index in [1.807, 2.05) is 0 Å². The highest BCUT2D eigenvalue weighted by Gasteiger charge is 2.41. The van der Waals surface area contributed by atoms with Gasteiger partial charge in [0.05, 0.1) is 20.1 Å². The lowest BCUT2D eigenvalue weighted by Gasteiger charge is -2.22. The first-order valence-corrected chi connectivity index (χ1v) is 5.94. The van der Waals surface area contributed by atoms with Crippen LogP contribution in [0.5, 0.6) is 0 Å². The Kier molecular flexibility index (Phi) is 5.41. The lowest BCUT2D eigenvalue weighted by molar-refractivity contribution is -0.142. The summed E-state index contributed by atoms with van der Waals surface area (Å²) >= 11 is 0. The van der Waals surface area contributed by atoms with E-state index in [1.165, 1.54) is 7.11 Å². The van der Waals surface area contributed by atoms with E-state index in [-0.39, 0.29) is 24.2 Å². The summed E-state index contributed by atoms with van der Waals surface area (Å²) in [5, 5.41) is 0. The third-order valence-corrected chi connectivity index (χ3v) is 3.12. The number of hydrogen-bond donors (Lipinski definition) is 0. The van der Waals surface area contributed by atoms with Gasteiger partial charge >= 0.3 is 5.97 Å². The third kappa shape index (κ3) is 4.34. The molecule has 5 heteroatoms. The summed E-state index contributed by atoms with van der Waals surface area (Å²) in [6, 6.07) is 0. The van der Waals surface area contributed by atoms with Crippen molar-refractivity contribution in [2.24, 2.45) is 11.8 Å². The molecule has 1 aliphatic rings. The van der Waals surface area contributed by atoms with Crippen LogP contribution in [0.3, 0.4) is 0 Å². The molecule has 1 amide bonds. The van der Waals surface area contributed by atoms with Crippen LogP contribution in [0.1, 0.15) is 19.8 Å². The second kappa shape index (κ2) is 6.59. The molecule has 17 heavy (non-hydrogen) atoms. The summed E-state index contributed by atoms with van der Waals surface area (Å²) in [5.74, 6) is 0.470. The highest BCUT2D eigenvalue weighted by Crippen LogP contribution is 2.39. The highest BCUT2D eigenvalue weighted by atomic mass is 16.5. The Hall–Kier alpha value is -1.10. The molecule has 0 spiro atoms. The largest absolute Gasteiger partial charge is 0.469 e. The zero-order valence-corrected chi connectivity index (χ0v) is 10.8. The molecule has 1 saturated carbocycles. The van der Waals surface area contributed by atoms with E-state index in [0.29, 0.717) is 25.6 Å². The maximum atomic E-state index is 12.0. The molecule has 0 aromatic heterocycles. The number of nitrogens with zero attached hydrogens (tertiary/aromatic N) is 1. The van der Waals surface area contributed by atoms with Crippen LogP contribution in [-0.2, 0) is 19.1 Å². The molecular weight excluding hydrogens is 222 g/mol. The van der Waals surface area contributed by atoms with Crippen molar-refractivity contribution in [3.63, 3.8) is 0 Å². The molecule has 0 N–H and O–H groups in total. The average Bonchev–Trinajstić information content (AvgIpc) is 3.05. The number of carbonyl (C=O) groups excluding carboxylic acids is 2. The summed E-state index contributed by atoms with van der Waals surface area (Å²) in [5.41, 5.74) is 0. The van der Waals surface area contributed by atoms with Gasteiger partial charge in [0.1, 0.15) is 0 Å². The standard InChI is InChI=1S/C12H21NO4/c1-9-8-10(9)12(15)13(6-7-16-2)5-4-11(14)17-3/h9-10H,4-8H2,1-3H3. The lowest BCUT2D eigenvalue weighted by Crippen LogP contribution is -2.37. The molecule has 0 aromatic carbocycles. The molecule has 0 aromatic rings. The van der Waals surface area contributed by atoms with Gasteiger partial charge in [-0.25, -0.2) is 0 Å². The third-order valence-electron chi connectivity index (χ3n) is 3.12. The van der Waals surface area contributed by atoms with E-state index in [4.69, 9.17) is 4.74 Å². The van der Waals surface area contributed by atoms with Gasteiger partial charge in [0.2, 0.25) is 5.91 Å². The summed E-state index contributed by atoms with van der Waals surface area (Å²) in [6.07, 6.45) is 1.20. The second-order valence-electron chi connectivity index (χ2n) is 4.46. The van der Waals surface area contributed by atoms with Crippen molar-refractivity contribution in [3.8, 4) is 0 Å². The van der Waals surface area contributed by atoms with Gasteiger partial charge in [0.25, 0.3) is 0 Å². The van der Waals surface area contributed by atoms with Crippen molar-refractivity contribution in [2.45, 2.75) is 19.8 Å². The van der Waals surface area contributed by atoms with Crippen LogP contribution in [-0.4, -0.2) is 50.7 Å². The molecule has 2 atom stereocenters. The SMILES string of the molecule is COCCN(CCC(=O)OC)C(=O)C1CC1C. The Labute approximate surface area is 102 Å². The molecule has 98 valence electrons. The van der Waals surface area contributed by atoms with E-state index >= 15 is 0 Å². The quantitative estimate of drug-likeness (QED) is 0.617. The lowest BCUT2D eigenvalue weighted by atomic mass is 10.2. The van der Waals surface area contributed by atoms with Gasteiger partial charge in [0, 0.05) is 26.1 Å². The molecular formula is C12H21NO4. The number of amides is 1. The number of rotatable bonds is 7. The van der Waals surface area contributed by atoms with Crippen LogP contribution in [0.4, 0.5) is 0 Å². The number of carbonyl (C=O) groups is 2. The van der Waals surface area contributed by atoms with Gasteiger partial charge in [-0.05, 0) is 12.3 Å². The smallest absolute Gasteiger partial charge is 0.307 e. The zero-order chi connectivity index (χ0) is 12.8. The normalized spacial score (nSPS) is 22.1. The summed E-state index contributed by atoms with van der Waals surface area (Å²) < 4.78 is 9.55. The minimum absolute atomic E-state index is 0.137. The first-order chi connectivity index (χ1) is 8.10. The van der Waals surface area contributed by atoms with Crippen molar-refractivity contribution in [2.75, 3.05) is 33.9 Å². The minimum atomic E-state index is -0.288. The molecule has 0 radical (unpaired) electrons. The Morgan fingerprint density at radius 1 is 1.29 bits per heavy atom. The van der Waals surface area contributed by atoms with Gasteiger partial charge in [-0.15, -0.1) is 0 Å². The summed E-state index contributed by atoms with van der Waals surface area (Å²) in [6.45, 7) is 3.51. The number of hydrogen-bond acceptors (Lipinski definition) is 4. The predicted molar refractivity (Wildman–Crippen MR) is 62.4 cm³/mol. The van der Waals surface area contributed by atoms with Crippen molar-refractivity contribution < 1.29 is 19.1 Å². The van der Waals surface area contributed by atoms with E-state index in [2.05, 4.69) is 11.7 Å². The van der Waals surface area contributed by atoms with Gasteiger partial charge in [-0.2, -0.15) is 0 Å². The Bertz CT molecular complexity index is 280. The fourth-order valence-corrected chi connectivity index (χ4v) is 1.76. The fraction of sp³-hybridized carbons (Fsp3) is 0.833.